The second-order valence-electron chi connectivity index (χ2n) is 2.39. The molecule has 0 fully saturated rings. The average Bonchev–Trinajstić information content (AvgIpc) is 2.16. The van der Waals surface area contributed by atoms with E-state index in [-0.39, 0.29) is 0 Å². The topological polar surface area (TPSA) is 26.0 Å². The third-order valence-electron chi connectivity index (χ3n) is 1.53. The van der Waals surface area contributed by atoms with Gasteiger partial charge in [0.25, 0.3) is 0 Å². The second-order valence-corrected chi connectivity index (χ2v) is 2.39. The summed E-state index contributed by atoms with van der Waals surface area (Å²) in [5.74, 6) is 0. The van der Waals surface area contributed by atoms with E-state index >= 15 is 0 Å². The van der Waals surface area contributed by atoms with Crippen molar-refractivity contribution in [2.75, 3.05) is 6.54 Å². The molecule has 0 bridgehead atoms. The molecule has 58 valence electrons. The molecule has 1 heteroatoms. The minimum atomic E-state index is 0.623. The summed E-state index contributed by atoms with van der Waals surface area (Å²) < 4.78 is 0. The van der Waals surface area contributed by atoms with Crippen LogP contribution in [-0.2, 0) is 0 Å². The van der Waals surface area contributed by atoms with Crippen LogP contribution in [0.2, 0.25) is 0 Å². The monoisotopic (exact) mass is 147 g/mol. The van der Waals surface area contributed by atoms with Crippen LogP contribution >= 0.6 is 0 Å². The molecule has 0 heterocycles. The molecule has 0 saturated carbocycles. The van der Waals surface area contributed by atoms with Crippen LogP contribution in [0.5, 0.6) is 0 Å². The highest BCUT2D eigenvalue weighted by atomic mass is 14.5. The first kappa shape index (κ1) is 8.02. The zero-order valence-corrected chi connectivity index (χ0v) is 6.53. The van der Waals surface area contributed by atoms with E-state index in [1.54, 1.807) is 0 Å². The third-order valence-corrected chi connectivity index (χ3v) is 1.53. The average molecular weight is 147 g/mol. The molecule has 2 N–H and O–H groups in total. The first-order chi connectivity index (χ1) is 5.43. The third kappa shape index (κ3) is 3.01. The van der Waals surface area contributed by atoms with Crippen LogP contribution in [0, 0.1) is 0 Å². The fourth-order valence-electron chi connectivity index (χ4n) is 0.903. The van der Waals surface area contributed by atoms with Crippen LogP contribution in [0.1, 0.15) is 6.42 Å². The van der Waals surface area contributed by atoms with Crippen LogP contribution in [0.15, 0.2) is 48.1 Å². The lowest BCUT2D eigenvalue weighted by atomic mass is 10.2. The summed E-state index contributed by atoms with van der Waals surface area (Å²) in [4.78, 5) is 0. The molecular weight excluding hydrogens is 134 g/mol. The SMILES string of the molecule is NCC1=C/C\C=C/C=C\C=C\1. The second kappa shape index (κ2) is 4.69. The maximum Gasteiger partial charge on any atom is 0.0175 e. The smallest absolute Gasteiger partial charge is 0.0175 e. The Morgan fingerprint density at radius 2 is 2.00 bits per heavy atom. The van der Waals surface area contributed by atoms with Crippen LogP contribution in [0.25, 0.3) is 0 Å². The van der Waals surface area contributed by atoms with Gasteiger partial charge in [0, 0.05) is 6.54 Å². The molecule has 0 amide bonds. The maximum atomic E-state index is 5.51. The minimum absolute atomic E-state index is 0.623. The molecule has 0 radical (unpaired) electrons. The van der Waals surface area contributed by atoms with Gasteiger partial charge in [-0.25, -0.2) is 0 Å². The fraction of sp³-hybridized carbons (Fsp3) is 0.200. The molecule has 0 aromatic rings. The van der Waals surface area contributed by atoms with E-state index in [1.807, 2.05) is 30.4 Å². The van der Waals surface area contributed by atoms with E-state index in [9.17, 15) is 0 Å². The van der Waals surface area contributed by atoms with Crippen molar-refractivity contribution in [3.05, 3.63) is 48.1 Å². The number of nitrogens with two attached hydrogens (primary N) is 1. The van der Waals surface area contributed by atoms with Crippen molar-refractivity contribution >= 4 is 0 Å². The lowest BCUT2D eigenvalue weighted by Crippen LogP contribution is -2.00. The number of hydrogen-bond donors (Lipinski definition) is 1. The van der Waals surface area contributed by atoms with E-state index < -0.39 is 0 Å². The molecule has 11 heavy (non-hydrogen) atoms. The Bertz CT molecular complexity index is 219. The van der Waals surface area contributed by atoms with Crippen LogP contribution in [0.4, 0.5) is 0 Å². The number of rotatable bonds is 1. The minimum Gasteiger partial charge on any atom is -0.327 e. The fourth-order valence-corrected chi connectivity index (χ4v) is 0.903. The van der Waals surface area contributed by atoms with Gasteiger partial charge in [0.1, 0.15) is 0 Å². The highest BCUT2D eigenvalue weighted by Gasteiger charge is 1.85. The van der Waals surface area contributed by atoms with Crippen molar-refractivity contribution in [1.82, 2.24) is 0 Å². The summed E-state index contributed by atoms with van der Waals surface area (Å²) >= 11 is 0. The summed E-state index contributed by atoms with van der Waals surface area (Å²) in [6.07, 6.45) is 15.3. The summed E-state index contributed by atoms with van der Waals surface area (Å²) in [6, 6.07) is 0. The van der Waals surface area contributed by atoms with Gasteiger partial charge in [-0.05, 0) is 12.0 Å². The summed E-state index contributed by atoms with van der Waals surface area (Å²) in [5, 5.41) is 0. The van der Waals surface area contributed by atoms with Crippen molar-refractivity contribution in [2.45, 2.75) is 6.42 Å². The summed E-state index contributed by atoms with van der Waals surface area (Å²) in [5.41, 5.74) is 6.70. The van der Waals surface area contributed by atoms with Gasteiger partial charge in [-0.2, -0.15) is 0 Å². The predicted molar refractivity (Wildman–Crippen MR) is 49.2 cm³/mol. The maximum absolute atomic E-state index is 5.51. The van der Waals surface area contributed by atoms with Gasteiger partial charge in [0.15, 0.2) is 0 Å². The van der Waals surface area contributed by atoms with E-state index in [0.29, 0.717) is 6.54 Å². The zero-order valence-electron chi connectivity index (χ0n) is 6.53. The molecule has 1 nitrogen and oxygen atoms in total. The standard InChI is InChI=1S/C10H13N/c11-9-10-7-5-3-1-2-4-6-8-10/h1-5,7-8H,6,9,11H2/b3-1-,4-2-,7-5+,10-8+. The molecule has 1 aliphatic carbocycles. The molecular formula is C10H13N. The van der Waals surface area contributed by atoms with Crippen molar-refractivity contribution in [3.63, 3.8) is 0 Å². The van der Waals surface area contributed by atoms with Crippen molar-refractivity contribution in [3.8, 4) is 0 Å². The Balaban J connectivity index is 2.71. The van der Waals surface area contributed by atoms with Crippen molar-refractivity contribution in [1.29, 1.82) is 0 Å². The Labute approximate surface area is 67.6 Å². The van der Waals surface area contributed by atoms with E-state index in [0.717, 1.165) is 6.42 Å². The molecule has 0 saturated heterocycles. The molecule has 0 unspecified atom stereocenters. The number of hydrogen-bond acceptors (Lipinski definition) is 1. The Kier molecular flexibility index (Phi) is 3.42. The lowest BCUT2D eigenvalue weighted by Gasteiger charge is -1.93. The largest absolute Gasteiger partial charge is 0.327 e. The van der Waals surface area contributed by atoms with Crippen LogP contribution < -0.4 is 5.73 Å². The van der Waals surface area contributed by atoms with Gasteiger partial charge < -0.3 is 5.73 Å². The molecule has 1 rings (SSSR count). The molecule has 0 spiro atoms. The van der Waals surface area contributed by atoms with E-state index in [2.05, 4.69) is 12.2 Å². The van der Waals surface area contributed by atoms with Crippen molar-refractivity contribution in [2.24, 2.45) is 5.73 Å². The lowest BCUT2D eigenvalue weighted by molar-refractivity contribution is 1.16. The first-order valence-corrected chi connectivity index (χ1v) is 3.82. The highest BCUT2D eigenvalue weighted by molar-refractivity contribution is 5.26. The Hall–Kier alpha value is -1.08. The normalized spacial score (nSPS) is 30.5. The van der Waals surface area contributed by atoms with Gasteiger partial charge in [-0.15, -0.1) is 0 Å². The predicted octanol–water partition coefficient (Wildman–Crippen LogP) is 1.94. The molecule has 0 aromatic carbocycles. The van der Waals surface area contributed by atoms with Crippen LogP contribution in [-0.4, -0.2) is 6.54 Å². The van der Waals surface area contributed by atoms with Gasteiger partial charge in [-0.1, -0.05) is 42.5 Å². The molecule has 0 aromatic heterocycles. The van der Waals surface area contributed by atoms with Gasteiger partial charge in [0.2, 0.25) is 0 Å². The Morgan fingerprint density at radius 3 is 2.82 bits per heavy atom. The van der Waals surface area contributed by atoms with Gasteiger partial charge in [0.05, 0.1) is 0 Å². The van der Waals surface area contributed by atoms with E-state index in [1.165, 1.54) is 5.57 Å². The quantitative estimate of drug-likeness (QED) is 0.602. The van der Waals surface area contributed by atoms with Crippen molar-refractivity contribution < 1.29 is 0 Å². The zero-order chi connectivity index (χ0) is 7.94. The summed E-state index contributed by atoms with van der Waals surface area (Å²) in [7, 11) is 0. The highest BCUT2D eigenvalue weighted by Crippen LogP contribution is 2.00. The molecule has 0 atom stereocenters. The van der Waals surface area contributed by atoms with E-state index in [4.69, 9.17) is 5.73 Å². The number of allylic oxidation sites excluding steroid dienone is 6. The molecule has 0 aliphatic heterocycles. The van der Waals surface area contributed by atoms with Gasteiger partial charge >= 0.3 is 0 Å². The Morgan fingerprint density at radius 1 is 1.18 bits per heavy atom. The van der Waals surface area contributed by atoms with Gasteiger partial charge in [-0.3, -0.25) is 0 Å². The van der Waals surface area contributed by atoms with Crippen LogP contribution in [0.3, 0.4) is 0 Å². The first-order valence-electron chi connectivity index (χ1n) is 3.82. The summed E-state index contributed by atoms with van der Waals surface area (Å²) in [6.45, 7) is 0.623. The molecule has 1 aliphatic rings.